The fourth-order valence-corrected chi connectivity index (χ4v) is 2.50. The van der Waals surface area contributed by atoms with Crippen molar-refractivity contribution in [3.8, 4) is 23.2 Å². The number of rotatable bonds is 6. The predicted octanol–water partition coefficient (Wildman–Crippen LogP) is 0.642. The Labute approximate surface area is 160 Å². The molecule has 1 aromatic carbocycles. The number of halogens is 2. The highest BCUT2D eigenvalue weighted by molar-refractivity contribution is 6.31. The van der Waals surface area contributed by atoms with Crippen molar-refractivity contribution in [1.82, 2.24) is 50.4 Å². The third-order valence-corrected chi connectivity index (χ3v) is 3.90. The van der Waals surface area contributed by atoms with Crippen LogP contribution in [0.1, 0.15) is 5.56 Å². The second-order valence-electron chi connectivity index (χ2n) is 5.58. The van der Waals surface area contributed by atoms with Gasteiger partial charge in [0.15, 0.2) is 18.1 Å². The number of tetrazole rings is 1. The van der Waals surface area contributed by atoms with Crippen LogP contribution in [0, 0.1) is 5.82 Å². The van der Waals surface area contributed by atoms with Crippen LogP contribution in [0.15, 0.2) is 24.4 Å². The monoisotopic (exact) mass is 404 g/mol. The van der Waals surface area contributed by atoms with Crippen molar-refractivity contribution in [2.45, 2.75) is 13.1 Å². The molecule has 0 bridgehead atoms. The maximum atomic E-state index is 13.4. The topological polar surface area (TPSA) is 153 Å². The number of aromatic amines is 1. The molecule has 2 N–H and O–H groups in total. The molecule has 4 aromatic rings. The molecule has 3 aromatic heterocycles. The maximum absolute atomic E-state index is 13.4. The number of carbonyl (C=O) groups is 1. The molecule has 0 aliphatic carbocycles. The van der Waals surface area contributed by atoms with E-state index in [-0.39, 0.29) is 24.0 Å². The molecule has 12 nitrogen and oxygen atoms in total. The number of carboxylic acid groups (broad SMARTS) is 1. The number of hydrogen-bond acceptors (Lipinski definition) is 8. The van der Waals surface area contributed by atoms with Crippen LogP contribution in [0.4, 0.5) is 4.39 Å². The number of aromatic nitrogens is 10. The first-order chi connectivity index (χ1) is 13.5. The smallest absolute Gasteiger partial charge is 0.327 e. The van der Waals surface area contributed by atoms with Gasteiger partial charge in [-0.1, -0.05) is 16.8 Å². The van der Waals surface area contributed by atoms with E-state index in [0.29, 0.717) is 16.3 Å². The van der Waals surface area contributed by atoms with Gasteiger partial charge in [-0.05, 0) is 29.0 Å². The number of nitrogens with one attached hydrogen (secondary N) is 1. The van der Waals surface area contributed by atoms with Crippen molar-refractivity contribution in [3.63, 3.8) is 0 Å². The zero-order valence-corrected chi connectivity index (χ0v) is 14.6. The van der Waals surface area contributed by atoms with Crippen LogP contribution in [0.5, 0.6) is 0 Å². The van der Waals surface area contributed by atoms with Gasteiger partial charge in [0.05, 0.1) is 12.7 Å². The summed E-state index contributed by atoms with van der Waals surface area (Å²) < 4.78 is 14.8. The number of nitrogens with zero attached hydrogens (tertiary/aromatic N) is 9. The van der Waals surface area contributed by atoms with E-state index in [1.807, 2.05) is 0 Å². The lowest BCUT2D eigenvalue weighted by Gasteiger charge is -2.03. The Kier molecular flexibility index (Phi) is 4.49. The number of carboxylic acids is 1. The molecule has 4 rings (SSSR count). The molecule has 0 saturated heterocycles. The summed E-state index contributed by atoms with van der Waals surface area (Å²) in [6.07, 6.45) is 1.57. The lowest BCUT2D eigenvalue weighted by atomic mass is 10.2. The SMILES string of the molecule is O=C(O)Cn1nnc(-c2nc(-c3cn(Cc4cc(F)ccc4Cl)nn3)n[nH]2)n1. The van der Waals surface area contributed by atoms with Crippen LogP contribution in [0.2, 0.25) is 5.02 Å². The summed E-state index contributed by atoms with van der Waals surface area (Å²) >= 11 is 6.06. The Morgan fingerprint density at radius 3 is 2.93 bits per heavy atom. The minimum absolute atomic E-state index is 0.0823. The van der Waals surface area contributed by atoms with E-state index in [0.717, 1.165) is 4.80 Å². The maximum Gasteiger partial charge on any atom is 0.327 e. The van der Waals surface area contributed by atoms with E-state index in [1.165, 1.54) is 22.9 Å². The molecule has 0 spiro atoms. The summed E-state index contributed by atoms with van der Waals surface area (Å²) in [5, 5.41) is 34.9. The van der Waals surface area contributed by atoms with Crippen LogP contribution < -0.4 is 0 Å². The van der Waals surface area contributed by atoms with Crippen LogP contribution in [0.3, 0.4) is 0 Å². The third-order valence-electron chi connectivity index (χ3n) is 3.53. The van der Waals surface area contributed by atoms with E-state index < -0.39 is 18.3 Å². The molecule has 0 aliphatic rings. The van der Waals surface area contributed by atoms with E-state index in [2.05, 4.69) is 40.9 Å². The second-order valence-corrected chi connectivity index (χ2v) is 5.99. The lowest BCUT2D eigenvalue weighted by Crippen LogP contribution is -2.11. The summed E-state index contributed by atoms with van der Waals surface area (Å²) in [4.78, 5) is 15.8. The Balaban J connectivity index is 1.52. The van der Waals surface area contributed by atoms with Crippen molar-refractivity contribution in [2.75, 3.05) is 0 Å². The van der Waals surface area contributed by atoms with Crippen molar-refractivity contribution in [1.29, 1.82) is 0 Å². The Morgan fingerprint density at radius 2 is 2.11 bits per heavy atom. The van der Waals surface area contributed by atoms with Crippen LogP contribution in [-0.4, -0.2) is 61.5 Å². The number of benzene rings is 1. The van der Waals surface area contributed by atoms with E-state index in [4.69, 9.17) is 16.7 Å². The summed E-state index contributed by atoms with van der Waals surface area (Å²) in [5.74, 6) is -1.01. The summed E-state index contributed by atoms with van der Waals surface area (Å²) in [6, 6.07) is 4.06. The van der Waals surface area contributed by atoms with Crippen molar-refractivity contribution >= 4 is 17.6 Å². The van der Waals surface area contributed by atoms with E-state index >= 15 is 0 Å². The molecule has 0 radical (unpaired) electrons. The molecule has 28 heavy (non-hydrogen) atoms. The fourth-order valence-electron chi connectivity index (χ4n) is 2.32. The Bertz CT molecular complexity index is 1150. The average Bonchev–Trinajstić information content (AvgIpc) is 3.37. The molecule has 3 heterocycles. The molecule has 0 fully saturated rings. The van der Waals surface area contributed by atoms with Crippen LogP contribution >= 0.6 is 11.6 Å². The molecule has 0 aliphatic heterocycles. The molecule has 0 saturated carbocycles. The Hall–Kier alpha value is -3.74. The zero-order chi connectivity index (χ0) is 19.7. The highest BCUT2D eigenvalue weighted by atomic mass is 35.5. The predicted molar refractivity (Wildman–Crippen MR) is 90.4 cm³/mol. The number of aliphatic carboxylic acids is 1. The Morgan fingerprint density at radius 1 is 1.25 bits per heavy atom. The first kappa shape index (κ1) is 17.7. The summed E-state index contributed by atoms with van der Waals surface area (Å²) in [7, 11) is 0. The molecule has 0 atom stereocenters. The first-order valence-corrected chi connectivity index (χ1v) is 8.12. The van der Waals surface area contributed by atoms with Gasteiger partial charge in [0, 0.05) is 5.02 Å². The number of hydrogen-bond donors (Lipinski definition) is 2. The standard InChI is InChI=1S/C14H10ClFN10O2/c15-9-2-1-8(16)3-7(9)4-25-5-10(18-23-25)12-17-13(20-19-12)14-21-24-26(22-14)6-11(27)28/h1-3,5H,4,6H2,(H,27,28)(H,17,19,20). The van der Waals surface area contributed by atoms with Crippen molar-refractivity contribution in [2.24, 2.45) is 0 Å². The molecule has 14 heteroatoms. The fraction of sp³-hybridized carbons (Fsp3) is 0.143. The minimum atomic E-state index is -1.10. The third kappa shape index (κ3) is 3.68. The van der Waals surface area contributed by atoms with E-state index in [9.17, 15) is 9.18 Å². The van der Waals surface area contributed by atoms with Gasteiger partial charge in [0.2, 0.25) is 11.6 Å². The van der Waals surface area contributed by atoms with Gasteiger partial charge >= 0.3 is 5.97 Å². The molecule has 0 amide bonds. The van der Waals surface area contributed by atoms with Crippen molar-refractivity contribution < 1.29 is 14.3 Å². The molecular weight excluding hydrogens is 395 g/mol. The zero-order valence-electron chi connectivity index (χ0n) is 13.9. The van der Waals surface area contributed by atoms with Gasteiger partial charge in [-0.2, -0.15) is 9.90 Å². The number of H-pyrrole nitrogens is 1. The highest BCUT2D eigenvalue weighted by Crippen LogP contribution is 2.19. The minimum Gasteiger partial charge on any atom is -0.480 e. The normalized spacial score (nSPS) is 11.1. The van der Waals surface area contributed by atoms with Gasteiger partial charge in [-0.15, -0.1) is 15.3 Å². The first-order valence-electron chi connectivity index (χ1n) is 7.75. The van der Waals surface area contributed by atoms with Crippen molar-refractivity contribution in [3.05, 3.63) is 40.8 Å². The largest absolute Gasteiger partial charge is 0.480 e. The van der Waals surface area contributed by atoms with E-state index in [1.54, 1.807) is 6.20 Å². The summed E-state index contributed by atoms with van der Waals surface area (Å²) in [5.41, 5.74) is 0.904. The van der Waals surface area contributed by atoms with Gasteiger partial charge in [0.1, 0.15) is 5.82 Å². The van der Waals surface area contributed by atoms with Gasteiger partial charge in [0.25, 0.3) is 0 Å². The average molecular weight is 405 g/mol. The summed E-state index contributed by atoms with van der Waals surface area (Å²) in [6.45, 7) is -0.211. The molecule has 142 valence electrons. The highest BCUT2D eigenvalue weighted by Gasteiger charge is 2.16. The van der Waals surface area contributed by atoms with Gasteiger partial charge in [-0.3, -0.25) is 9.89 Å². The lowest BCUT2D eigenvalue weighted by molar-refractivity contribution is -0.138. The van der Waals surface area contributed by atoms with Gasteiger partial charge in [-0.25, -0.2) is 14.1 Å². The second kappa shape index (κ2) is 7.11. The molecule has 0 unspecified atom stereocenters. The van der Waals surface area contributed by atoms with Crippen LogP contribution in [0.25, 0.3) is 23.2 Å². The quantitative estimate of drug-likeness (QED) is 0.471. The van der Waals surface area contributed by atoms with Gasteiger partial charge < -0.3 is 5.11 Å². The molecular formula is C14H10ClFN10O2. The van der Waals surface area contributed by atoms with Crippen LogP contribution in [-0.2, 0) is 17.9 Å².